The van der Waals surface area contributed by atoms with Gasteiger partial charge in [0.15, 0.2) is 0 Å². The summed E-state index contributed by atoms with van der Waals surface area (Å²) in [5.41, 5.74) is 0. The molecular formula is C45H89N3. The van der Waals surface area contributed by atoms with Crippen LogP contribution in [-0.2, 0) is 0 Å². The first kappa shape index (κ1) is 45.4. The summed E-state index contributed by atoms with van der Waals surface area (Å²) < 4.78 is 0. The molecule has 1 heterocycles. The fourth-order valence-corrected chi connectivity index (χ4v) is 7.34. The van der Waals surface area contributed by atoms with Gasteiger partial charge in [-0.05, 0) is 90.3 Å². The van der Waals surface area contributed by atoms with Crippen molar-refractivity contribution in [1.29, 1.82) is 0 Å². The van der Waals surface area contributed by atoms with E-state index in [2.05, 4.69) is 59.8 Å². The van der Waals surface area contributed by atoms with Crippen molar-refractivity contribution in [1.82, 2.24) is 14.7 Å². The van der Waals surface area contributed by atoms with Gasteiger partial charge >= 0.3 is 0 Å². The Kier molecular flexibility index (Phi) is 35.6. The van der Waals surface area contributed by atoms with Crippen molar-refractivity contribution < 1.29 is 0 Å². The number of unbranched alkanes of at least 4 members (excludes halogenated alkanes) is 24. The summed E-state index contributed by atoms with van der Waals surface area (Å²) in [4.78, 5) is 8.23. The Hall–Kier alpha value is -0.640. The van der Waals surface area contributed by atoms with Crippen LogP contribution in [0, 0.1) is 0 Å². The van der Waals surface area contributed by atoms with E-state index in [1.54, 1.807) is 0 Å². The van der Waals surface area contributed by atoms with Crippen LogP contribution in [0.15, 0.2) is 24.3 Å². The molecule has 0 aromatic carbocycles. The molecule has 48 heavy (non-hydrogen) atoms. The molecule has 0 bridgehead atoms. The summed E-state index contributed by atoms with van der Waals surface area (Å²) in [6.45, 7) is 18.5. The largest absolute Gasteiger partial charge is 0.302 e. The topological polar surface area (TPSA) is 9.72 Å². The highest BCUT2D eigenvalue weighted by atomic mass is 15.3. The van der Waals surface area contributed by atoms with Gasteiger partial charge in [0.2, 0.25) is 0 Å². The molecule has 3 heteroatoms. The van der Waals surface area contributed by atoms with Crippen molar-refractivity contribution in [3.63, 3.8) is 0 Å². The molecule has 1 aliphatic heterocycles. The maximum atomic E-state index is 2.83. The van der Waals surface area contributed by atoms with Gasteiger partial charge in [-0.15, -0.1) is 0 Å². The quantitative estimate of drug-likeness (QED) is 0.0481. The Morgan fingerprint density at radius 1 is 0.333 bits per heavy atom. The normalized spacial score (nSPS) is 14.8. The van der Waals surface area contributed by atoms with E-state index in [-0.39, 0.29) is 0 Å². The van der Waals surface area contributed by atoms with Gasteiger partial charge in [-0.3, -0.25) is 4.90 Å². The maximum absolute atomic E-state index is 2.83. The lowest BCUT2D eigenvalue weighted by atomic mass is 10.1. The molecule has 3 nitrogen and oxygen atoms in total. The minimum absolute atomic E-state index is 1.27. The highest BCUT2D eigenvalue weighted by Gasteiger charge is 2.16. The van der Waals surface area contributed by atoms with Gasteiger partial charge < -0.3 is 9.80 Å². The number of piperazine rings is 1. The zero-order chi connectivity index (χ0) is 34.4. The molecule has 0 unspecified atom stereocenters. The average Bonchev–Trinajstić information content (AvgIpc) is 3.10. The molecule has 0 aromatic rings. The summed E-state index contributed by atoms with van der Waals surface area (Å²) >= 11 is 0. The third-order valence-corrected chi connectivity index (χ3v) is 10.7. The monoisotopic (exact) mass is 672 g/mol. The molecule has 284 valence electrons. The van der Waals surface area contributed by atoms with Crippen LogP contribution in [-0.4, -0.2) is 73.6 Å². The fourth-order valence-electron chi connectivity index (χ4n) is 7.34. The van der Waals surface area contributed by atoms with Crippen LogP contribution in [0.3, 0.4) is 0 Å². The van der Waals surface area contributed by atoms with E-state index in [4.69, 9.17) is 0 Å². The second kappa shape index (κ2) is 37.6. The second-order valence-corrected chi connectivity index (χ2v) is 15.4. The highest BCUT2D eigenvalue weighted by Crippen LogP contribution is 2.13. The van der Waals surface area contributed by atoms with Crippen molar-refractivity contribution in [3.8, 4) is 0 Å². The molecule has 1 aliphatic rings. The molecular weight excluding hydrogens is 583 g/mol. The SMILES string of the molecule is CCCCCCCC/C=C\CCCCCCCCN(CCCCCCCC/C=C\CCCCCCCC)CCN1CCN(CCC)CC1. The Balaban J connectivity index is 2.12. The predicted molar refractivity (Wildman–Crippen MR) is 219 cm³/mol. The third kappa shape index (κ3) is 31.3. The first-order valence-corrected chi connectivity index (χ1v) is 22.3. The number of rotatable bonds is 37. The summed E-state index contributed by atoms with van der Waals surface area (Å²) in [6.07, 6.45) is 50.3. The number of hydrogen-bond donors (Lipinski definition) is 0. The lowest BCUT2D eigenvalue weighted by Crippen LogP contribution is -2.48. The van der Waals surface area contributed by atoms with Gasteiger partial charge in [0.1, 0.15) is 0 Å². The van der Waals surface area contributed by atoms with E-state index >= 15 is 0 Å². The van der Waals surface area contributed by atoms with Crippen LogP contribution in [0.5, 0.6) is 0 Å². The molecule has 0 saturated carbocycles. The summed E-state index contributed by atoms with van der Waals surface area (Å²) in [7, 11) is 0. The number of hydrogen-bond acceptors (Lipinski definition) is 3. The minimum atomic E-state index is 1.27. The minimum Gasteiger partial charge on any atom is -0.302 e. The molecule has 0 spiro atoms. The van der Waals surface area contributed by atoms with Crippen molar-refractivity contribution in [2.75, 3.05) is 58.9 Å². The summed E-state index contributed by atoms with van der Waals surface area (Å²) in [5.74, 6) is 0. The van der Waals surface area contributed by atoms with E-state index in [0.29, 0.717) is 0 Å². The van der Waals surface area contributed by atoms with E-state index < -0.39 is 0 Å². The molecule has 1 fully saturated rings. The van der Waals surface area contributed by atoms with Gasteiger partial charge in [0.25, 0.3) is 0 Å². The first-order chi connectivity index (χ1) is 23.8. The van der Waals surface area contributed by atoms with Crippen LogP contribution >= 0.6 is 0 Å². The molecule has 0 atom stereocenters. The standard InChI is InChI=1S/C45H89N3/c1-4-7-9-11-13-15-17-19-21-23-25-27-29-31-33-35-38-47(42-45-48-43-40-46(37-6-3)41-44-48)39-36-34-32-30-28-26-24-22-20-18-16-14-12-10-8-5-2/h19-22H,4-18,23-45H2,1-3H3/b21-19-,22-20-. The van der Waals surface area contributed by atoms with Crippen LogP contribution in [0.4, 0.5) is 0 Å². The third-order valence-electron chi connectivity index (χ3n) is 10.7. The molecule has 1 saturated heterocycles. The molecule has 0 aromatic heterocycles. The second-order valence-electron chi connectivity index (χ2n) is 15.4. The van der Waals surface area contributed by atoms with Gasteiger partial charge in [0.05, 0.1) is 0 Å². The summed E-state index contributed by atoms with van der Waals surface area (Å²) in [5, 5.41) is 0. The van der Waals surface area contributed by atoms with Crippen LogP contribution < -0.4 is 0 Å². The fraction of sp³-hybridized carbons (Fsp3) is 0.911. The van der Waals surface area contributed by atoms with Crippen LogP contribution in [0.2, 0.25) is 0 Å². The van der Waals surface area contributed by atoms with Gasteiger partial charge in [0, 0.05) is 39.3 Å². The molecule has 0 amide bonds. The first-order valence-electron chi connectivity index (χ1n) is 22.3. The molecule has 1 rings (SSSR count). The maximum Gasteiger partial charge on any atom is 0.0110 e. The van der Waals surface area contributed by atoms with Crippen molar-refractivity contribution in [2.45, 2.75) is 207 Å². The van der Waals surface area contributed by atoms with E-state index in [1.807, 2.05) is 0 Å². The van der Waals surface area contributed by atoms with E-state index in [9.17, 15) is 0 Å². The highest BCUT2D eigenvalue weighted by molar-refractivity contribution is 4.82. The Morgan fingerprint density at radius 3 is 1.00 bits per heavy atom. The van der Waals surface area contributed by atoms with E-state index in [0.717, 1.165) is 0 Å². The number of nitrogens with zero attached hydrogens (tertiary/aromatic N) is 3. The van der Waals surface area contributed by atoms with Crippen molar-refractivity contribution >= 4 is 0 Å². The lowest BCUT2D eigenvalue weighted by molar-refractivity contribution is 0.117. The Morgan fingerprint density at radius 2 is 0.646 bits per heavy atom. The van der Waals surface area contributed by atoms with Crippen LogP contribution in [0.25, 0.3) is 0 Å². The van der Waals surface area contributed by atoms with Crippen LogP contribution in [0.1, 0.15) is 207 Å². The lowest BCUT2D eigenvalue weighted by Gasteiger charge is -2.35. The number of allylic oxidation sites excluding steroid dienone is 4. The molecule has 0 N–H and O–H groups in total. The van der Waals surface area contributed by atoms with Gasteiger partial charge in [-0.25, -0.2) is 0 Å². The van der Waals surface area contributed by atoms with Crippen molar-refractivity contribution in [2.24, 2.45) is 0 Å². The van der Waals surface area contributed by atoms with Gasteiger partial charge in [-0.1, -0.05) is 161 Å². The smallest absolute Gasteiger partial charge is 0.0110 e. The molecule has 0 aliphatic carbocycles. The Labute approximate surface area is 304 Å². The zero-order valence-corrected chi connectivity index (χ0v) is 33.5. The Bertz CT molecular complexity index is 623. The predicted octanol–water partition coefficient (Wildman–Crippen LogP) is 13.4. The zero-order valence-electron chi connectivity index (χ0n) is 33.5. The summed E-state index contributed by atoms with van der Waals surface area (Å²) in [6, 6.07) is 0. The van der Waals surface area contributed by atoms with E-state index in [1.165, 1.54) is 245 Å². The molecule has 0 radical (unpaired) electrons. The van der Waals surface area contributed by atoms with Gasteiger partial charge in [-0.2, -0.15) is 0 Å². The van der Waals surface area contributed by atoms with Crippen molar-refractivity contribution in [3.05, 3.63) is 24.3 Å². The average molecular weight is 672 g/mol.